The lowest BCUT2D eigenvalue weighted by atomic mass is 9.99. The highest BCUT2D eigenvalue weighted by molar-refractivity contribution is 5.76. The lowest BCUT2D eigenvalue weighted by Gasteiger charge is -2.40. The molecule has 7 atom stereocenters. The second-order valence-corrected chi connectivity index (χ2v) is 23.3. The molecule has 0 aliphatic carbocycles. The van der Waals surface area contributed by atoms with Gasteiger partial charge in [0.05, 0.1) is 25.4 Å². The van der Waals surface area contributed by atoms with Crippen molar-refractivity contribution in [2.45, 2.75) is 371 Å². The molecule has 76 heavy (non-hydrogen) atoms. The molecule has 1 saturated heterocycles. The molecular formula is C67H127NO8. The summed E-state index contributed by atoms with van der Waals surface area (Å²) in [5.41, 5.74) is 0. The fourth-order valence-corrected chi connectivity index (χ4v) is 10.7. The Labute approximate surface area is 470 Å². The molecule has 1 heterocycles. The maximum atomic E-state index is 13.1. The molecule has 0 saturated carbocycles. The number of aliphatic hydroxyl groups excluding tert-OH is 5. The van der Waals surface area contributed by atoms with Crippen LogP contribution in [0.1, 0.15) is 328 Å². The quantitative estimate of drug-likeness (QED) is 0.0261. The summed E-state index contributed by atoms with van der Waals surface area (Å²) < 4.78 is 11.3. The van der Waals surface area contributed by atoms with E-state index in [9.17, 15) is 30.3 Å². The molecule has 448 valence electrons. The van der Waals surface area contributed by atoms with Gasteiger partial charge in [-0.25, -0.2) is 0 Å². The normalized spacial score (nSPS) is 19.0. The van der Waals surface area contributed by atoms with Gasteiger partial charge in [0.25, 0.3) is 0 Å². The number of ether oxygens (including phenoxy) is 2. The lowest BCUT2D eigenvalue weighted by molar-refractivity contribution is -0.302. The van der Waals surface area contributed by atoms with Crippen LogP contribution in [0.15, 0.2) is 36.5 Å². The van der Waals surface area contributed by atoms with Gasteiger partial charge in [-0.05, 0) is 57.8 Å². The van der Waals surface area contributed by atoms with Gasteiger partial charge in [0.15, 0.2) is 6.29 Å². The van der Waals surface area contributed by atoms with Gasteiger partial charge in [-0.1, -0.05) is 301 Å². The number of rotatable bonds is 58. The first-order valence-corrected chi connectivity index (χ1v) is 33.2. The summed E-state index contributed by atoms with van der Waals surface area (Å²) >= 11 is 0. The second-order valence-electron chi connectivity index (χ2n) is 23.3. The van der Waals surface area contributed by atoms with Crippen LogP contribution in [-0.4, -0.2) is 87.5 Å². The molecular weight excluding hydrogens is 947 g/mol. The molecule has 7 unspecified atom stereocenters. The van der Waals surface area contributed by atoms with Crippen LogP contribution in [-0.2, 0) is 14.3 Å². The largest absolute Gasteiger partial charge is 0.394 e. The smallest absolute Gasteiger partial charge is 0.220 e. The maximum Gasteiger partial charge on any atom is 0.220 e. The Bertz CT molecular complexity index is 1290. The first-order valence-electron chi connectivity index (χ1n) is 33.2. The van der Waals surface area contributed by atoms with Crippen molar-refractivity contribution in [1.29, 1.82) is 0 Å². The molecule has 9 heteroatoms. The van der Waals surface area contributed by atoms with E-state index in [1.165, 1.54) is 270 Å². The van der Waals surface area contributed by atoms with Gasteiger partial charge in [0.2, 0.25) is 5.91 Å². The number of hydrogen-bond donors (Lipinski definition) is 6. The van der Waals surface area contributed by atoms with Crippen LogP contribution >= 0.6 is 0 Å². The van der Waals surface area contributed by atoms with E-state index in [0.29, 0.717) is 6.42 Å². The molecule has 9 nitrogen and oxygen atoms in total. The molecule has 1 fully saturated rings. The zero-order valence-corrected chi connectivity index (χ0v) is 50.0. The molecule has 0 spiro atoms. The Kier molecular flexibility index (Phi) is 54.0. The SMILES string of the molecule is CCCCCCCCCC/C=C\CCCCCCCCCCCCCCCCCCCCCCCC(=O)NC(COC1OC(CO)C(O)C(O)C1O)C(O)/C=C/CC/C=C/CCCCCCCCCCCCCCCC. The maximum absolute atomic E-state index is 13.1. The van der Waals surface area contributed by atoms with Gasteiger partial charge in [-0.2, -0.15) is 0 Å². The Balaban J connectivity index is 2.13. The van der Waals surface area contributed by atoms with E-state index in [2.05, 4.69) is 43.5 Å². The molecule has 6 N–H and O–H groups in total. The minimum absolute atomic E-state index is 0.180. The Morgan fingerprint density at radius 3 is 1.11 bits per heavy atom. The van der Waals surface area contributed by atoms with E-state index < -0.39 is 49.5 Å². The zero-order chi connectivity index (χ0) is 55.0. The average Bonchev–Trinajstić information content (AvgIpc) is 3.42. The monoisotopic (exact) mass is 1070 g/mol. The third kappa shape index (κ3) is 45.2. The molecule has 1 rings (SSSR count). The number of carbonyl (C=O) groups is 1. The summed E-state index contributed by atoms with van der Waals surface area (Å²) in [6.07, 6.45) is 68.2. The standard InChI is InChI=1S/C67H127NO8/c1-3-5-7-9-11-13-15-17-19-21-23-25-26-27-28-29-30-31-32-33-34-35-36-37-39-41-43-45-47-49-51-53-55-57-63(71)68-60(59-75-67-66(74)65(73)64(72)62(58-69)76-67)61(70)56-54-52-50-48-46-44-42-40-38-24-22-20-18-16-14-12-10-8-6-4-2/h21,23,46,48,54,56,60-62,64-67,69-70,72-74H,3-20,22,24-45,47,49-53,55,57-59H2,1-2H3,(H,68,71)/b23-21-,48-46+,56-54+. The fourth-order valence-electron chi connectivity index (χ4n) is 10.7. The molecule has 0 radical (unpaired) electrons. The number of allylic oxidation sites excluding steroid dienone is 5. The number of hydrogen-bond acceptors (Lipinski definition) is 8. The van der Waals surface area contributed by atoms with Gasteiger partial charge in [0, 0.05) is 6.42 Å². The van der Waals surface area contributed by atoms with Gasteiger partial charge < -0.3 is 40.3 Å². The van der Waals surface area contributed by atoms with Crippen molar-refractivity contribution in [1.82, 2.24) is 5.32 Å². The van der Waals surface area contributed by atoms with Crippen molar-refractivity contribution < 1.29 is 39.8 Å². The number of nitrogens with one attached hydrogen (secondary N) is 1. The predicted octanol–water partition coefficient (Wildman–Crippen LogP) is 17.5. The predicted molar refractivity (Wildman–Crippen MR) is 323 cm³/mol. The number of carbonyl (C=O) groups excluding carboxylic acids is 1. The molecule has 1 amide bonds. The van der Waals surface area contributed by atoms with Gasteiger partial charge in [-0.3, -0.25) is 4.79 Å². The van der Waals surface area contributed by atoms with Crippen LogP contribution in [0.2, 0.25) is 0 Å². The Morgan fingerprint density at radius 1 is 0.434 bits per heavy atom. The van der Waals surface area contributed by atoms with E-state index in [0.717, 1.165) is 38.5 Å². The van der Waals surface area contributed by atoms with Crippen molar-refractivity contribution in [2.75, 3.05) is 13.2 Å². The van der Waals surface area contributed by atoms with Gasteiger partial charge >= 0.3 is 0 Å². The summed E-state index contributed by atoms with van der Waals surface area (Å²) in [6.45, 7) is 3.80. The third-order valence-electron chi connectivity index (χ3n) is 15.9. The fraction of sp³-hybridized carbons (Fsp3) is 0.896. The summed E-state index contributed by atoms with van der Waals surface area (Å²) in [5.74, 6) is -0.180. The van der Waals surface area contributed by atoms with Crippen LogP contribution in [0, 0.1) is 0 Å². The minimum Gasteiger partial charge on any atom is -0.394 e. The summed E-state index contributed by atoms with van der Waals surface area (Å²) in [6, 6.07) is -0.821. The summed E-state index contributed by atoms with van der Waals surface area (Å²) in [5, 5.41) is 54.6. The van der Waals surface area contributed by atoms with Gasteiger partial charge in [0.1, 0.15) is 24.4 Å². The lowest BCUT2D eigenvalue weighted by Crippen LogP contribution is -2.60. The highest BCUT2D eigenvalue weighted by atomic mass is 16.7. The van der Waals surface area contributed by atoms with E-state index in [1.54, 1.807) is 6.08 Å². The first-order chi connectivity index (χ1) is 37.3. The topological polar surface area (TPSA) is 149 Å². The number of aliphatic hydroxyl groups is 5. The van der Waals surface area contributed by atoms with E-state index in [-0.39, 0.29) is 12.5 Å². The van der Waals surface area contributed by atoms with Crippen LogP contribution in [0.4, 0.5) is 0 Å². The van der Waals surface area contributed by atoms with Crippen molar-refractivity contribution in [3.63, 3.8) is 0 Å². The molecule has 0 aromatic rings. The van der Waals surface area contributed by atoms with Crippen molar-refractivity contribution in [3.8, 4) is 0 Å². The number of amides is 1. The zero-order valence-electron chi connectivity index (χ0n) is 50.0. The highest BCUT2D eigenvalue weighted by Crippen LogP contribution is 2.23. The Hall–Kier alpha value is -1.59. The van der Waals surface area contributed by atoms with Crippen LogP contribution in [0.3, 0.4) is 0 Å². The van der Waals surface area contributed by atoms with E-state index >= 15 is 0 Å². The summed E-state index contributed by atoms with van der Waals surface area (Å²) in [7, 11) is 0. The van der Waals surface area contributed by atoms with Crippen LogP contribution < -0.4 is 5.32 Å². The van der Waals surface area contributed by atoms with Crippen LogP contribution in [0.25, 0.3) is 0 Å². The van der Waals surface area contributed by atoms with Gasteiger partial charge in [-0.15, -0.1) is 0 Å². The van der Waals surface area contributed by atoms with E-state index in [4.69, 9.17) is 9.47 Å². The van der Waals surface area contributed by atoms with E-state index in [1.807, 2.05) is 6.08 Å². The Morgan fingerprint density at radius 2 is 0.750 bits per heavy atom. The third-order valence-corrected chi connectivity index (χ3v) is 15.9. The number of unbranched alkanes of at least 4 members (excludes halogenated alkanes) is 44. The van der Waals surface area contributed by atoms with Crippen molar-refractivity contribution in [2.24, 2.45) is 0 Å². The molecule has 1 aliphatic rings. The molecule has 1 aliphatic heterocycles. The minimum atomic E-state index is -1.57. The molecule has 0 bridgehead atoms. The van der Waals surface area contributed by atoms with Crippen molar-refractivity contribution >= 4 is 5.91 Å². The first kappa shape index (κ1) is 72.4. The molecule has 0 aromatic heterocycles. The molecule has 0 aromatic carbocycles. The van der Waals surface area contributed by atoms with Crippen molar-refractivity contribution in [3.05, 3.63) is 36.5 Å². The van der Waals surface area contributed by atoms with Crippen LogP contribution in [0.5, 0.6) is 0 Å². The second kappa shape index (κ2) is 56.7. The highest BCUT2D eigenvalue weighted by Gasteiger charge is 2.44. The average molecular weight is 1070 g/mol. The summed E-state index contributed by atoms with van der Waals surface area (Å²) in [4.78, 5) is 13.1.